The van der Waals surface area contributed by atoms with E-state index >= 15 is 0 Å². The van der Waals surface area contributed by atoms with E-state index in [2.05, 4.69) is 25.4 Å². The zero-order chi connectivity index (χ0) is 21.9. The van der Waals surface area contributed by atoms with Gasteiger partial charge in [0.25, 0.3) is 11.8 Å². The fourth-order valence-corrected chi connectivity index (χ4v) is 3.09. The Morgan fingerprint density at radius 1 is 0.969 bits per heavy atom. The van der Waals surface area contributed by atoms with E-state index < -0.39 is 5.91 Å². The molecule has 0 unspecified atom stereocenters. The van der Waals surface area contributed by atoms with Gasteiger partial charge in [-0.15, -0.1) is 0 Å². The summed E-state index contributed by atoms with van der Waals surface area (Å²) in [6.45, 7) is 0. The van der Waals surface area contributed by atoms with Crippen LogP contribution in [0.15, 0.2) is 90.0 Å². The summed E-state index contributed by atoms with van der Waals surface area (Å²) in [7, 11) is 0. The Hall–Kier alpha value is -4.66. The highest BCUT2D eigenvalue weighted by molar-refractivity contribution is 6.02. The molecule has 0 aliphatic heterocycles. The van der Waals surface area contributed by atoms with Crippen molar-refractivity contribution in [2.75, 3.05) is 5.32 Å². The van der Waals surface area contributed by atoms with E-state index in [-0.39, 0.29) is 17.4 Å². The molecule has 0 radical (unpaired) electrons. The van der Waals surface area contributed by atoms with Gasteiger partial charge in [-0.2, -0.15) is 4.98 Å². The smallest absolute Gasteiger partial charge is 0.275 e. The van der Waals surface area contributed by atoms with Gasteiger partial charge in [0.1, 0.15) is 17.8 Å². The van der Waals surface area contributed by atoms with E-state index in [4.69, 9.17) is 4.52 Å². The van der Waals surface area contributed by atoms with Crippen molar-refractivity contribution >= 4 is 11.6 Å². The van der Waals surface area contributed by atoms with Crippen LogP contribution in [0, 0.1) is 5.82 Å². The van der Waals surface area contributed by atoms with Gasteiger partial charge in [0.2, 0.25) is 5.82 Å². The molecular formula is C23H15FN6O2. The van der Waals surface area contributed by atoms with Crippen molar-refractivity contribution in [2.24, 2.45) is 0 Å². The van der Waals surface area contributed by atoms with Gasteiger partial charge in [0.15, 0.2) is 5.82 Å². The molecule has 0 saturated carbocycles. The quantitative estimate of drug-likeness (QED) is 0.448. The first-order valence-corrected chi connectivity index (χ1v) is 9.63. The predicted molar refractivity (Wildman–Crippen MR) is 114 cm³/mol. The molecule has 0 bridgehead atoms. The van der Waals surface area contributed by atoms with Crippen molar-refractivity contribution < 1.29 is 13.7 Å². The van der Waals surface area contributed by atoms with E-state index in [1.165, 1.54) is 30.6 Å². The van der Waals surface area contributed by atoms with Gasteiger partial charge in [0.05, 0.1) is 5.56 Å². The minimum Gasteiger partial charge on any atom is -0.333 e. The number of benzene rings is 2. The van der Waals surface area contributed by atoms with Crippen LogP contribution >= 0.6 is 0 Å². The Bertz CT molecular complexity index is 1380. The standard InChI is InChI=1S/C23H15FN6O2/c24-16-8-10-17(11-9-16)27-22(31)19-13-30(14-26-19)21-18(7-4-12-25-21)23-28-20(29-32-23)15-5-2-1-3-6-15/h1-14H,(H,27,31). The van der Waals surface area contributed by atoms with Crippen LogP contribution in [0.25, 0.3) is 28.7 Å². The zero-order valence-electron chi connectivity index (χ0n) is 16.5. The second-order valence-electron chi connectivity index (χ2n) is 6.79. The highest BCUT2D eigenvalue weighted by Crippen LogP contribution is 2.26. The maximum atomic E-state index is 13.1. The molecule has 2 aromatic carbocycles. The number of hydrogen-bond acceptors (Lipinski definition) is 6. The summed E-state index contributed by atoms with van der Waals surface area (Å²) >= 11 is 0. The highest BCUT2D eigenvalue weighted by atomic mass is 19.1. The van der Waals surface area contributed by atoms with Crippen LogP contribution in [0.3, 0.4) is 0 Å². The zero-order valence-corrected chi connectivity index (χ0v) is 16.5. The van der Waals surface area contributed by atoms with Crippen LogP contribution in [0.5, 0.6) is 0 Å². The molecule has 1 N–H and O–H groups in total. The minimum atomic E-state index is -0.433. The van der Waals surface area contributed by atoms with Gasteiger partial charge >= 0.3 is 0 Å². The Balaban J connectivity index is 1.42. The molecule has 156 valence electrons. The number of pyridine rings is 1. The number of amides is 1. The average Bonchev–Trinajstić information content (AvgIpc) is 3.52. The third-order valence-electron chi connectivity index (χ3n) is 4.64. The Morgan fingerprint density at radius 2 is 1.78 bits per heavy atom. The third kappa shape index (κ3) is 3.86. The van der Waals surface area contributed by atoms with Crippen LogP contribution < -0.4 is 5.32 Å². The molecule has 0 fully saturated rings. The molecule has 0 saturated heterocycles. The molecule has 9 heteroatoms. The molecule has 32 heavy (non-hydrogen) atoms. The van der Waals surface area contributed by atoms with Crippen molar-refractivity contribution in [3.8, 4) is 28.7 Å². The van der Waals surface area contributed by atoms with Gasteiger partial charge in [-0.1, -0.05) is 35.5 Å². The Kier molecular flexibility index (Phi) is 4.97. The first-order chi connectivity index (χ1) is 15.7. The Labute approximate surface area is 181 Å². The number of aromatic nitrogens is 5. The molecule has 0 aliphatic carbocycles. The topological polar surface area (TPSA) is 98.7 Å². The van der Waals surface area contributed by atoms with Crippen LogP contribution in [0.2, 0.25) is 0 Å². The van der Waals surface area contributed by atoms with E-state index in [1.807, 2.05) is 30.3 Å². The van der Waals surface area contributed by atoms with E-state index in [1.54, 1.807) is 29.1 Å². The molecule has 5 aromatic rings. The lowest BCUT2D eigenvalue weighted by molar-refractivity contribution is 0.102. The number of imidazole rings is 1. The van der Waals surface area contributed by atoms with Crippen molar-refractivity contribution in [3.05, 3.63) is 97.0 Å². The van der Waals surface area contributed by atoms with E-state index in [9.17, 15) is 9.18 Å². The summed E-state index contributed by atoms with van der Waals surface area (Å²) in [6.07, 6.45) is 4.63. The average molecular weight is 426 g/mol. The molecule has 5 rings (SSSR count). The monoisotopic (exact) mass is 426 g/mol. The lowest BCUT2D eigenvalue weighted by Gasteiger charge is -2.05. The summed E-state index contributed by atoms with van der Waals surface area (Å²) in [5, 5.41) is 6.73. The first-order valence-electron chi connectivity index (χ1n) is 9.63. The summed E-state index contributed by atoms with van der Waals surface area (Å²) < 4.78 is 20.1. The van der Waals surface area contributed by atoms with Crippen molar-refractivity contribution in [3.63, 3.8) is 0 Å². The predicted octanol–water partition coefficient (Wildman–Crippen LogP) is 4.38. The lowest BCUT2D eigenvalue weighted by Crippen LogP contribution is -2.12. The first kappa shape index (κ1) is 19.3. The van der Waals surface area contributed by atoms with Gasteiger partial charge in [0, 0.05) is 23.6 Å². The van der Waals surface area contributed by atoms with Crippen LogP contribution in [-0.2, 0) is 0 Å². The molecular weight excluding hydrogens is 411 g/mol. The normalized spacial score (nSPS) is 10.8. The van der Waals surface area contributed by atoms with Crippen LogP contribution in [-0.4, -0.2) is 30.6 Å². The SMILES string of the molecule is O=C(Nc1ccc(F)cc1)c1cn(-c2ncccc2-c2nc(-c3ccccc3)no2)cn1. The second-order valence-corrected chi connectivity index (χ2v) is 6.79. The van der Waals surface area contributed by atoms with Crippen LogP contribution in [0.4, 0.5) is 10.1 Å². The maximum absolute atomic E-state index is 13.1. The highest BCUT2D eigenvalue weighted by Gasteiger charge is 2.18. The van der Waals surface area contributed by atoms with Gasteiger partial charge in [-0.05, 0) is 36.4 Å². The summed E-state index contributed by atoms with van der Waals surface area (Å²) in [5.74, 6) is 0.408. The number of anilines is 1. The van der Waals surface area contributed by atoms with Gasteiger partial charge in [-0.25, -0.2) is 14.4 Å². The molecule has 0 atom stereocenters. The fourth-order valence-electron chi connectivity index (χ4n) is 3.09. The largest absolute Gasteiger partial charge is 0.333 e. The fraction of sp³-hybridized carbons (Fsp3) is 0. The Morgan fingerprint density at radius 3 is 2.59 bits per heavy atom. The second kappa shape index (κ2) is 8.23. The van der Waals surface area contributed by atoms with Crippen molar-refractivity contribution in [1.82, 2.24) is 24.7 Å². The molecule has 1 amide bonds. The molecule has 3 aromatic heterocycles. The number of rotatable bonds is 5. The van der Waals surface area contributed by atoms with Crippen molar-refractivity contribution in [2.45, 2.75) is 0 Å². The summed E-state index contributed by atoms with van der Waals surface area (Å²) in [6, 6.07) is 18.5. The van der Waals surface area contributed by atoms with E-state index in [0.29, 0.717) is 22.9 Å². The number of halogens is 1. The lowest BCUT2D eigenvalue weighted by atomic mass is 10.2. The number of nitrogens with zero attached hydrogens (tertiary/aromatic N) is 5. The number of carbonyl (C=O) groups excluding carboxylic acids is 1. The summed E-state index contributed by atoms with van der Waals surface area (Å²) in [4.78, 5) is 25.6. The molecule has 0 spiro atoms. The van der Waals surface area contributed by atoms with Crippen LogP contribution in [0.1, 0.15) is 10.5 Å². The molecule has 8 nitrogen and oxygen atoms in total. The van der Waals surface area contributed by atoms with Gasteiger partial charge in [-0.3, -0.25) is 9.36 Å². The summed E-state index contributed by atoms with van der Waals surface area (Å²) in [5.41, 5.74) is 2.05. The maximum Gasteiger partial charge on any atom is 0.275 e. The van der Waals surface area contributed by atoms with Gasteiger partial charge < -0.3 is 9.84 Å². The molecule has 3 heterocycles. The number of hydrogen-bond donors (Lipinski definition) is 1. The van der Waals surface area contributed by atoms with E-state index in [0.717, 1.165) is 5.56 Å². The minimum absolute atomic E-state index is 0.168. The third-order valence-corrected chi connectivity index (χ3v) is 4.64. The van der Waals surface area contributed by atoms with Crippen molar-refractivity contribution in [1.29, 1.82) is 0 Å². The molecule has 0 aliphatic rings. The number of nitrogens with one attached hydrogen (secondary N) is 1. The number of carbonyl (C=O) groups is 1.